The zero-order valence-electron chi connectivity index (χ0n) is 17.8. The number of amides is 1. The van der Waals surface area contributed by atoms with E-state index in [2.05, 4.69) is 20.9 Å². The van der Waals surface area contributed by atoms with Gasteiger partial charge in [-0.15, -0.1) is 0 Å². The van der Waals surface area contributed by atoms with Crippen molar-refractivity contribution < 1.29 is 19.4 Å². The molecule has 33 heavy (non-hydrogen) atoms. The highest BCUT2D eigenvalue weighted by atomic mass is 79.9. The van der Waals surface area contributed by atoms with E-state index in [9.17, 15) is 14.7 Å². The molecule has 4 unspecified atom stereocenters. The number of ether oxygens (including phenoxy) is 1. The van der Waals surface area contributed by atoms with E-state index in [1.807, 2.05) is 42.5 Å². The Bertz CT molecular complexity index is 1270. The van der Waals surface area contributed by atoms with Crippen LogP contribution in [-0.4, -0.2) is 40.8 Å². The molecular formula is C25H20BrClN2O4. The van der Waals surface area contributed by atoms with Crippen molar-refractivity contribution in [3.8, 4) is 5.75 Å². The fourth-order valence-electron chi connectivity index (χ4n) is 5.16. The standard InChI is InChI=1S/C25H20BrClN2O4/c1-29(2)23(31)19-20(14-6-4-3-5-7-14)25(15-8-10-16(26)11-9-15)24(32,22(19)30)21-18(33-25)12-17(27)13-28-21/h3-13,19-20,32H,1-2H3. The minimum absolute atomic E-state index is 0.0646. The van der Waals surface area contributed by atoms with Crippen molar-refractivity contribution in [3.63, 3.8) is 0 Å². The van der Waals surface area contributed by atoms with E-state index in [0.29, 0.717) is 16.1 Å². The van der Waals surface area contributed by atoms with Crippen LogP contribution in [0.1, 0.15) is 22.7 Å². The largest absolute Gasteiger partial charge is 0.476 e. The Hall–Kier alpha value is -2.74. The molecule has 6 nitrogen and oxygen atoms in total. The first-order chi connectivity index (χ1) is 15.7. The summed E-state index contributed by atoms with van der Waals surface area (Å²) in [6.45, 7) is 0. The lowest BCUT2D eigenvalue weighted by atomic mass is 9.71. The predicted octanol–water partition coefficient (Wildman–Crippen LogP) is 4.04. The Morgan fingerprint density at radius 2 is 1.82 bits per heavy atom. The summed E-state index contributed by atoms with van der Waals surface area (Å²) in [4.78, 5) is 33.2. The van der Waals surface area contributed by atoms with Gasteiger partial charge in [0.2, 0.25) is 11.5 Å². The van der Waals surface area contributed by atoms with Crippen molar-refractivity contribution in [2.24, 2.45) is 5.92 Å². The molecule has 3 aromatic rings. The average molecular weight is 528 g/mol. The van der Waals surface area contributed by atoms with E-state index in [-0.39, 0.29) is 11.4 Å². The maximum absolute atomic E-state index is 14.1. The van der Waals surface area contributed by atoms with Gasteiger partial charge in [0, 0.05) is 30.8 Å². The third kappa shape index (κ3) is 2.92. The highest BCUT2D eigenvalue weighted by Gasteiger charge is 2.78. The van der Waals surface area contributed by atoms with Crippen molar-refractivity contribution in [3.05, 3.63) is 93.2 Å². The molecular weight excluding hydrogens is 508 g/mol. The molecule has 0 saturated heterocycles. The highest BCUT2D eigenvalue weighted by molar-refractivity contribution is 9.10. The number of ketones is 1. The van der Waals surface area contributed by atoms with Gasteiger partial charge in [-0.1, -0.05) is 70.0 Å². The van der Waals surface area contributed by atoms with Gasteiger partial charge in [-0.25, -0.2) is 0 Å². The van der Waals surface area contributed by atoms with Crippen LogP contribution in [0.4, 0.5) is 0 Å². The molecule has 168 valence electrons. The Balaban J connectivity index is 1.88. The first-order valence-corrected chi connectivity index (χ1v) is 11.5. The first-order valence-electron chi connectivity index (χ1n) is 10.4. The average Bonchev–Trinajstić information content (AvgIpc) is 3.17. The van der Waals surface area contributed by atoms with Crippen LogP contribution >= 0.6 is 27.5 Å². The summed E-state index contributed by atoms with van der Waals surface area (Å²) in [6, 6.07) is 17.9. The summed E-state index contributed by atoms with van der Waals surface area (Å²) in [5, 5.41) is 12.6. The fraction of sp³-hybridized carbons (Fsp3) is 0.240. The molecule has 0 spiro atoms. The summed E-state index contributed by atoms with van der Waals surface area (Å²) in [7, 11) is 3.18. The zero-order chi connectivity index (χ0) is 23.5. The van der Waals surface area contributed by atoms with Crippen LogP contribution in [0.3, 0.4) is 0 Å². The van der Waals surface area contributed by atoms with E-state index in [4.69, 9.17) is 16.3 Å². The molecule has 0 bridgehead atoms. The Morgan fingerprint density at radius 1 is 1.15 bits per heavy atom. The SMILES string of the molecule is CN(C)C(=O)C1C(=O)C2(O)c3ncc(Cl)cc3OC2(c2ccc(Br)cc2)C1c1ccccc1. The molecule has 2 aromatic carbocycles. The second kappa shape index (κ2) is 7.65. The maximum atomic E-state index is 14.1. The van der Waals surface area contributed by atoms with Gasteiger partial charge in [-0.2, -0.15) is 0 Å². The maximum Gasteiger partial charge on any atom is 0.233 e. The van der Waals surface area contributed by atoms with Gasteiger partial charge in [0.05, 0.1) is 10.9 Å². The third-order valence-corrected chi connectivity index (χ3v) is 7.25. The molecule has 2 aliphatic rings. The fourth-order valence-corrected chi connectivity index (χ4v) is 5.57. The van der Waals surface area contributed by atoms with E-state index in [0.717, 1.165) is 4.47 Å². The number of fused-ring (bicyclic) bond motifs is 3. The molecule has 2 heterocycles. The van der Waals surface area contributed by atoms with Gasteiger partial charge in [-0.05, 0) is 23.3 Å². The number of aliphatic hydroxyl groups is 1. The lowest BCUT2D eigenvalue weighted by molar-refractivity contribution is -0.153. The minimum atomic E-state index is -2.20. The molecule has 1 N–H and O–H groups in total. The van der Waals surface area contributed by atoms with Crippen LogP contribution in [-0.2, 0) is 20.8 Å². The second-order valence-electron chi connectivity index (χ2n) is 8.52. The minimum Gasteiger partial charge on any atom is -0.476 e. The number of carbonyl (C=O) groups excluding carboxylic acids is 2. The number of aromatic nitrogens is 1. The monoisotopic (exact) mass is 526 g/mol. The van der Waals surface area contributed by atoms with Crippen LogP contribution in [0.5, 0.6) is 5.75 Å². The molecule has 1 saturated carbocycles. The van der Waals surface area contributed by atoms with Gasteiger partial charge < -0.3 is 14.7 Å². The number of hydrogen-bond donors (Lipinski definition) is 1. The second-order valence-corrected chi connectivity index (χ2v) is 9.87. The van der Waals surface area contributed by atoms with E-state index in [1.165, 1.54) is 11.1 Å². The molecule has 8 heteroatoms. The molecule has 1 aliphatic carbocycles. The quantitative estimate of drug-likeness (QED) is 0.520. The van der Waals surface area contributed by atoms with E-state index < -0.39 is 34.7 Å². The number of rotatable bonds is 3. The van der Waals surface area contributed by atoms with Crippen LogP contribution in [0.25, 0.3) is 0 Å². The van der Waals surface area contributed by atoms with Gasteiger partial charge in [0.15, 0.2) is 11.4 Å². The van der Waals surface area contributed by atoms with Crippen LogP contribution in [0.2, 0.25) is 5.02 Å². The van der Waals surface area contributed by atoms with Crippen LogP contribution in [0.15, 0.2) is 71.3 Å². The van der Waals surface area contributed by atoms with Gasteiger partial charge >= 0.3 is 0 Å². The van der Waals surface area contributed by atoms with Gasteiger partial charge in [-0.3, -0.25) is 14.6 Å². The summed E-state index contributed by atoms with van der Waals surface area (Å²) >= 11 is 9.61. The van der Waals surface area contributed by atoms with Crippen molar-refractivity contribution >= 4 is 39.2 Å². The van der Waals surface area contributed by atoms with Crippen molar-refractivity contribution in [1.29, 1.82) is 0 Å². The third-order valence-electron chi connectivity index (χ3n) is 6.52. The number of halogens is 2. The number of pyridine rings is 1. The Kier molecular flexibility index (Phi) is 5.12. The highest BCUT2D eigenvalue weighted by Crippen LogP contribution is 2.66. The van der Waals surface area contributed by atoms with Crippen molar-refractivity contribution in [1.82, 2.24) is 9.88 Å². The van der Waals surface area contributed by atoms with Gasteiger partial charge in [0.25, 0.3) is 0 Å². The predicted molar refractivity (Wildman–Crippen MR) is 126 cm³/mol. The molecule has 1 amide bonds. The van der Waals surface area contributed by atoms with Crippen molar-refractivity contribution in [2.75, 3.05) is 14.1 Å². The lowest BCUT2D eigenvalue weighted by Gasteiger charge is -2.39. The number of nitrogens with zero attached hydrogens (tertiary/aromatic N) is 2. The molecule has 0 radical (unpaired) electrons. The summed E-state index contributed by atoms with van der Waals surface area (Å²) in [5.74, 6) is -2.83. The topological polar surface area (TPSA) is 79.7 Å². The van der Waals surface area contributed by atoms with E-state index in [1.54, 1.807) is 32.3 Å². The summed E-state index contributed by atoms with van der Waals surface area (Å²) in [5.41, 5.74) is -2.50. The van der Waals surface area contributed by atoms with E-state index >= 15 is 0 Å². The molecule has 1 aromatic heterocycles. The molecule has 1 fully saturated rings. The number of carbonyl (C=O) groups is 2. The molecule has 1 aliphatic heterocycles. The van der Waals surface area contributed by atoms with Crippen molar-refractivity contribution in [2.45, 2.75) is 17.1 Å². The Labute approximate surface area is 204 Å². The molecule has 4 atom stereocenters. The van der Waals surface area contributed by atoms with Gasteiger partial charge in [0.1, 0.15) is 17.4 Å². The Morgan fingerprint density at radius 3 is 2.45 bits per heavy atom. The smallest absolute Gasteiger partial charge is 0.233 e. The normalized spacial score (nSPS) is 27.6. The number of Topliss-reactive ketones (excluding diaryl/α,β-unsaturated/α-hetero) is 1. The summed E-state index contributed by atoms with van der Waals surface area (Å²) in [6.07, 6.45) is 1.37. The first kappa shape index (κ1) is 22.1. The lowest BCUT2D eigenvalue weighted by Crippen LogP contribution is -2.51. The zero-order valence-corrected chi connectivity index (χ0v) is 20.2. The summed E-state index contributed by atoms with van der Waals surface area (Å²) < 4.78 is 7.35. The molecule has 5 rings (SSSR count). The van der Waals surface area contributed by atoms with Crippen LogP contribution in [0, 0.1) is 5.92 Å². The number of hydrogen-bond acceptors (Lipinski definition) is 5. The van der Waals surface area contributed by atoms with Crippen LogP contribution < -0.4 is 4.74 Å². The number of benzene rings is 2.